The Morgan fingerprint density at radius 2 is 1.98 bits per heavy atom. The van der Waals surface area contributed by atoms with E-state index in [1.807, 2.05) is 34.5 Å². The number of ether oxygens (including phenoxy) is 1. The number of nitrogens with zero attached hydrogens (tertiary/aromatic N) is 5. The summed E-state index contributed by atoms with van der Waals surface area (Å²) in [4.78, 5) is 53.4. The standard InChI is InChI=1S/C33H34BrFN6O5S/c1-3-46-31(44)27-25(37-29(30-36-12-15-47-30)38-28(27)23-10-7-21(35)16-24(23)34)17-39-13-14-41-32(45)40(19-33(41,2)18-39)22-8-4-20(5-9-22)6-11-26(42)43/h4-5,7-10,12,15-16,28H,3,6,11,13-14,17-19H2,1-2H3,(H,37,38)(H,42,43)/t28-,33-/m0/s1. The molecule has 3 aliphatic rings. The number of aryl methyl sites for hydroxylation is 1. The minimum absolute atomic E-state index is 0.0476. The van der Waals surface area contributed by atoms with Crippen LogP contribution >= 0.6 is 27.3 Å². The van der Waals surface area contributed by atoms with Crippen molar-refractivity contribution in [3.63, 3.8) is 0 Å². The number of benzene rings is 2. The maximum atomic E-state index is 14.1. The molecule has 2 aromatic carbocycles. The Labute approximate surface area is 283 Å². The Hall–Kier alpha value is -4.14. The number of carbonyl (C=O) groups is 3. The summed E-state index contributed by atoms with van der Waals surface area (Å²) in [6.45, 7) is 6.40. The number of anilines is 1. The molecule has 2 saturated heterocycles. The third kappa shape index (κ3) is 6.81. The summed E-state index contributed by atoms with van der Waals surface area (Å²) in [7, 11) is 0. The van der Waals surface area contributed by atoms with Crippen LogP contribution in [0.3, 0.4) is 0 Å². The van der Waals surface area contributed by atoms with Crippen molar-refractivity contribution in [1.29, 1.82) is 0 Å². The molecule has 0 saturated carbocycles. The summed E-state index contributed by atoms with van der Waals surface area (Å²) in [5, 5.41) is 14.9. The maximum absolute atomic E-state index is 14.1. The first-order valence-electron chi connectivity index (χ1n) is 15.3. The Morgan fingerprint density at radius 3 is 2.66 bits per heavy atom. The molecule has 6 rings (SSSR count). The van der Waals surface area contributed by atoms with E-state index in [1.165, 1.54) is 23.5 Å². The average Bonchev–Trinajstić information content (AvgIpc) is 3.66. The number of hydrogen-bond donors (Lipinski definition) is 2. The molecule has 2 amide bonds. The normalized spacial score (nSPS) is 21.4. The van der Waals surface area contributed by atoms with Crippen molar-refractivity contribution in [2.45, 2.75) is 38.3 Å². The number of carboxylic acid groups (broad SMARTS) is 1. The third-order valence-electron chi connectivity index (χ3n) is 8.59. The van der Waals surface area contributed by atoms with Crippen LogP contribution in [0.5, 0.6) is 0 Å². The van der Waals surface area contributed by atoms with E-state index in [9.17, 15) is 18.8 Å². The summed E-state index contributed by atoms with van der Waals surface area (Å²) in [6.07, 6.45) is 2.16. The molecule has 0 aliphatic carbocycles. The molecule has 11 nitrogen and oxygen atoms in total. The maximum Gasteiger partial charge on any atom is 0.338 e. The number of amides is 2. The smallest absolute Gasteiger partial charge is 0.338 e. The van der Waals surface area contributed by atoms with Crippen LogP contribution in [0, 0.1) is 5.82 Å². The summed E-state index contributed by atoms with van der Waals surface area (Å²) >= 11 is 4.89. The number of rotatable bonds is 10. The number of thiazole rings is 1. The number of aliphatic imine (C=N–C) groups is 1. The monoisotopic (exact) mass is 724 g/mol. The molecule has 0 bridgehead atoms. The van der Waals surface area contributed by atoms with Gasteiger partial charge in [0, 0.05) is 60.0 Å². The average molecular weight is 726 g/mol. The van der Waals surface area contributed by atoms with Gasteiger partial charge in [0.1, 0.15) is 11.9 Å². The van der Waals surface area contributed by atoms with Crippen LogP contribution in [-0.4, -0.2) is 88.6 Å². The summed E-state index contributed by atoms with van der Waals surface area (Å²) in [6, 6.07) is 10.9. The van der Waals surface area contributed by atoms with Gasteiger partial charge in [-0.25, -0.2) is 19.0 Å². The quantitative estimate of drug-likeness (QED) is 0.280. The SMILES string of the molecule is CCOC(=O)C1=C(CN2CCN3C(=O)N(c4ccc(CCC(=O)O)cc4)C[C@]3(C)C2)NC(c2nccs2)=N[C@H]1c1ccc(F)cc1Br. The molecule has 0 spiro atoms. The number of nitrogens with one attached hydrogen (secondary N) is 1. The number of esters is 1. The molecule has 3 aliphatic heterocycles. The molecule has 0 radical (unpaired) electrons. The van der Waals surface area contributed by atoms with Gasteiger partial charge in [-0.3, -0.25) is 19.6 Å². The van der Waals surface area contributed by atoms with Crippen LogP contribution in [0.1, 0.15) is 42.4 Å². The Morgan fingerprint density at radius 1 is 1.19 bits per heavy atom. The van der Waals surface area contributed by atoms with Gasteiger partial charge in [-0.1, -0.05) is 34.1 Å². The second-order valence-electron chi connectivity index (χ2n) is 11.9. The van der Waals surface area contributed by atoms with Gasteiger partial charge < -0.3 is 20.1 Å². The molecule has 47 heavy (non-hydrogen) atoms. The first-order chi connectivity index (χ1) is 22.6. The second-order valence-corrected chi connectivity index (χ2v) is 13.7. The van der Waals surface area contributed by atoms with Crippen molar-refractivity contribution in [1.82, 2.24) is 20.1 Å². The molecule has 14 heteroatoms. The van der Waals surface area contributed by atoms with Crippen molar-refractivity contribution >= 4 is 56.8 Å². The van der Waals surface area contributed by atoms with Crippen molar-refractivity contribution in [2.75, 3.05) is 44.2 Å². The number of aromatic nitrogens is 1. The lowest BCUT2D eigenvalue weighted by atomic mass is 9.94. The summed E-state index contributed by atoms with van der Waals surface area (Å²) in [5.41, 5.74) is 2.71. The number of carboxylic acids is 1. The Kier molecular flexibility index (Phi) is 9.44. The van der Waals surface area contributed by atoms with E-state index >= 15 is 0 Å². The number of piperazine rings is 1. The van der Waals surface area contributed by atoms with Gasteiger partial charge >= 0.3 is 18.0 Å². The van der Waals surface area contributed by atoms with E-state index in [1.54, 1.807) is 24.1 Å². The lowest BCUT2D eigenvalue weighted by Crippen LogP contribution is -2.60. The number of halogens is 2. The van der Waals surface area contributed by atoms with Gasteiger partial charge in [-0.05, 0) is 55.7 Å². The first kappa shape index (κ1) is 32.8. The largest absolute Gasteiger partial charge is 0.481 e. The van der Waals surface area contributed by atoms with Gasteiger partial charge in [0.25, 0.3) is 0 Å². The zero-order valence-electron chi connectivity index (χ0n) is 25.9. The van der Waals surface area contributed by atoms with Crippen molar-refractivity contribution < 1.29 is 28.6 Å². The van der Waals surface area contributed by atoms with E-state index < -0.39 is 29.3 Å². The predicted molar refractivity (Wildman–Crippen MR) is 179 cm³/mol. The Balaban J connectivity index is 1.28. The van der Waals surface area contributed by atoms with Crippen molar-refractivity contribution in [3.05, 3.63) is 91.7 Å². The second kappa shape index (κ2) is 13.5. The highest BCUT2D eigenvalue weighted by molar-refractivity contribution is 9.10. The van der Waals surface area contributed by atoms with Crippen LogP contribution in [-0.2, 0) is 20.7 Å². The van der Waals surface area contributed by atoms with Gasteiger partial charge in [-0.2, -0.15) is 0 Å². The van der Waals surface area contributed by atoms with E-state index in [4.69, 9.17) is 14.8 Å². The van der Waals surface area contributed by atoms with Crippen molar-refractivity contribution in [3.8, 4) is 0 Å². The topological polar surface area (TPSA) is 128 Å². The van der Waals surface area contributed by atoms with Crippen molar-refractivity contribution in [2.24, 2.45) is 4.99 Å². The number of fused-ring (bicyclic) bond motifs is 1. The predicted octanol–water partition coefficient (Wildman–Crippen LogP) is 4.99. The fraction of sp³-hybridized carbons (Fsp3) is 0.364. The lowest BCUT2D eigenvalue weighted by Gasteiger charge is -2.44. The molecule has 2 fully saturated rings. The minimum atomic E-state index is -0.850. The van der Waals surface area contributed by atoms with E-state index in [2.05, 4.69) is 38.1 Å². The zero-order valence-corrected chi connectivity index (χ0v) is 28.3. The fourth-order valence-corrected chi connectivity index (χ4v) is 7.55. The summed E-state index contributed by atoms with van der Waals surface area (Å²) < 4.78 is 20.1. The lowest BCUT2D eigenvalue weighted by molar-refractivity contribution is -0.139. The van der Waals surface area contributed by atoms with E-state index in [-0.39, 0.29) is 19.1 Å². The number of carbonyl (C=O) groups excluding carboxylic acids is 2. The van der Waals surface area contributed by atoms with Crippen LogP contribution in [0.4, 0.5) is 14.9 Å². The molecule has 4 heterocycles. The van der Waals surface area contributed by atoms with Gasteiger partial charge in [-0.15, -0.1) is 11.3 Å². The van der Waals surface area contributed by atoms with E-state index in [0.717, 1.165) is 11.3 Å². The molecular formula is C33H34BrFN6O5S. The highest BCUT2D eigenvalue weighted by atomic mass is 79.9. The molecular weight excluding hydrogens is 691 g/mol. The molecule has 246 valence electrons. The first-order valence-corrected chi connectivity index (χ1v) is 17.0. The van der Waals surface area contributed by atoms with Crippen LogP contribution in [0.2, 0.25) is 0 Å². The summed E-state index contributed by atoms with van der Waals surface area (Å²) in [5.74, 6) is -1.28. The van der Waals surface area contributed by atoms with Gasteiger partial charge in [0.15, 0.2) is 10.8 Å². The van der Waals surface area contributed by atoms with Crippen LogP contribution in [0.15, 0.2) is 74.8 Å². The van der Waals surface area contributed by atoms with Gasteiger partial charge in [0.2, 0.25) is 0 Å². The number of amidine groups is 1. The fourth-order valence-electron chi connectivity index (χ4n) is 6.39. The van der Waals surface area contributed by atoms with E-state index in [0.29, 0.717) is 71.3 Å². The number of urea groups is 1. The molecule has 1 aromatic heterocycles. The molecule has 2 N–H and O–H groups in total. The minimum Gasteiger partial charge on any atom is -0.481 e. The van der Waals surface area contributed by atoms with Gasteiger partial charge in [0.05, 0.1) is 24.3 Å². The highest BCUT2D eigenvalue weighted by Crippen LogP contribution is 2.38. The van der Waals surface area contributed by atoms with Crippen LogP contribution < -0.4 is 10.2 Å². The molecule has 2 atom stereocenters. The molecule has 3 aromatic rings. The Bertz CT molecular complexity index is 1750. The number of aliphatic carboxylic acids is 1. The zero-order chi connectivity index (χ0) is 33.3. The number of hydrogen-bond acceptors (Lipinski definition) is 9. The highest BCUT2D eigenvalue weighted by Gasteiger charge is 2.50. The van der Waals surface area contributed by atoms with Crippen LogP contribution in [0.25, 0.3) is 0 Å². The third-order valence-corrected chi connectivity index (χ3v) is 10.1. The molecule has 0 unspecified atom stereocenters.